The number of aromatic amines is 1. The monoisotopic (exact) mass is 317 g/mol. The average molecular weight is 317 g/mol. The minimum Gasteiger partial charge on any atom is -0.356 e. The second kappa shape index (κ2) is 4.87. The van der Waals surface area contributed by atoms with Crippen LogP contribution in [-0.4, -0.2) is 29.9 Å². The van der Waals surface area contributed by atoms with Gasteiger partial charge in [-0.2, -0.15) is 0 Å². The van der Waals surface area contributed by atoms with Crippen LogP contribution in [0.2, 0.25) is 0 Å². The zero-order valence-electron chi connectivity index (χ0n) is 12.7. The van der Waals surface area contributed by atoms with E-state index >= 15 is 0 Å². The summed E-state index contributed by atoms with van der Waals surface area (Å²) < 4.78 is 12.3. The first kappa shape index (κ1) is 13.9. The molecule has 4 rings (SSSR count). The van der Waals surface area contributed by atoms with Gasteiger partial charge in [0.05, 0.1) is 22.0 Å². The third kappa shape index (κ3) is 2.15. The molecule has 1 aliphatic heterocycles. The molecule has 0 amide bonds. The summed E-state index contributed by atoms with van der Waals surface area (Å²) in [6.45, 7) is 4.16. The van der Waals surface area contributed by atoms with E-state index in [4.69, 9.17) is 0 Å². The Morgan fingerprint density at radius 2 is 2.18 bits per heavy atom. The summed E-state index contributed by atoms with van der Waals surface area (Å²) in [5.74, 6) is 3.37. The fourth-order valence-corrected chi connectivity index (χ4v) is 4.16. The first-order chi connectivity index (χ1) is 10.6. The molecule has 1 unspecified atom stereocenters. The van der Waals surface area contributed by atoms with Gasteiger partial charge in [0.1, 0.15) is 22.4 Å². The van der Waals surface area contributed by atoms with Crippen molar-refractivity contribution in [2.24, 2.45) is 0 Å². The molecule has 1 aliphatic carbocycles. The summed E-state index contributed by atoms with van der Waals surface area (Å²) in [7, 11) is -1.00. The van der Waals surface area contributed by atoms with Crippen LogP contribution in [0.15, 0.2) is 17.3 Å². The Bertz CT molecular complexity index is 737. The summed E-state index contributed by atoms with van der Waals surface area (Å²) in [5, 5.41) is 3.52. The Kier molecular flexibility index (Phi) is 3.07. The number of imidazole rings is 1. The minimum absolute atomic E-state index is 0.188. The molecular weight excluding hydrogens is 298 g/mol. The number of nitrogens with one attached hydrogen (secondary N) is 2. The van der Waals surface area contributed by atoms with Gasteiger partial charge in [-0.05, 0) is 12.8 Å². The highest BCUT2D eigenvalue weighted by atomic mass is 32.2. The predicted molar refractivity (Wildman–Crippen MR) is 84.2 cm³/mol. The van der Waals surface area contributed by atoms with E-state index in [2.05, 4.69) is 39.1 Å². The number of rotatable bonds is 4. The molecule has 2 aromatic heterocycles. The van der Waals surface area contributed by atoms with Crippen molar-refractivity contribution in [3.05, 3.63) is 29.7 Å². The highest BCUT2D eigenvalue weighted by Crippen LogP contribution is 2.47. The van der Waals surface area contributed by atoms with Gasteiger partial charge in [-0.3, -0.25) is 4.21 Å². The Balaban J connectivity index is 1.77. The molecule has 0 radical (unpaired) electrons. The predicted octanol–water partition coefficient (Wildman–Crippen LogP) is 2.09. The van der Waals surface area contributed by atoms with E-state index in [0.29, 0.717) is 5.75 Å². The van der Waals surface area contributed by atoms with Crippen LogP contribution >= 0.6 is 0 Å². The highest BCUT2D eigenvalue weighted by Gasteiger charge is 2.48. The van der Waals surface area contributed by atoms with Gasteiger partial charge in [0.15, 0.2) is 0 Å². The summed E-state index contributed by atoms with van der Waals surface area (Å²) in [6.07, 6.45) is 6.37. The number of hydrogen-bond acceptors (Lipinski definition) is 5. The van der Waals surface area contributed by atoms with Gasteiger partial charge >= 0.3 is 0 Å². The first-order valence-corrected chi connectivity index (χ1v) is 8.98. The Labute approximate surface area is 131 Å². The molecule has 22 heavy (non-hydrogen) atoms. The highest BCUT2D eigenvalue weighted by molar-refractivity contribution is 7.85. The van der Waals surface area contributed by atoms with Gasteiger partial charge in [0, 0.05) is 30.5 Å². The summed E-state index contributed by atoms with van der Waals surface area (Å²) in [5.41, 5.74) is 0.752. The lowest BCUT2D eigenvalue weighted by Gasteiger charge is -2.19. The van der Waals surface area contributed by atoms with Crippen LogP contribution in [0.3, 0.4) is 0 Å². The van der Waals surface area contributed by atoms with Crippen molar-refractivity contribution in [2.45, 2.75) is 49.5 Å². The van der Waals surface area contributed by atoms with Gasteiger partial charge in [-0.15, -0.1) is 0 Å². The van der Waals surface area contributed by atoms with Crippen LogP contribution in [0.25, 0.3) is 0 Å². The number of aryl methyl sites for hydroxylation is 1. The molecule has 1 atom stereocenters. The van der Waals surface area contributed by atoms with Gasteiger partial charge in [0.2, 0.25) is 0 Å². The molecule has 7 heteroatoms. The zero-order valence-corrected chi connectivity index (χ0v) is 13.5. The Morgan fingerprint density at radius 1 is 1.36 bits per heavy atom. The number of fused-ring (bicyclic) bond motifs is 1. The van der Waals surface area contributed by atoms with Gasteiger partial charge in [-0.25, -0.2) is 15.0 Å². The van der Waals surface area contributed by atoms with E-state index < -0.39 is 10.8 Å². The van der Waals surface area contributed by atoms with Gasteiger partial charge in [0.25, 0.3) is 0 Å². The van der Waals surface area contributed by atoms with Crippen molar-refractivity contribution in [1.29, 1.82) is 0 Å². The molecule has 2 aliphatic rings. The number of nitrogens with zero attached hydrogens (tertiary/aromatic N) is 3. The third-order valence-corrected chi connectivity index (χ3v) is 5.74. The smallest absolute Gasteiger partial charge is 0.147 e. The van der Waals surface area contributed by atoms with E-state index in [1.165, 1.54) is 0 Å². The van der Waals surface area contributed by atoms with Gasteiger partial charge in [-0.1, -0.05) is 13.8 Å². The minimum atomic E-state index is -1.00. The number of H-pyrrole nitrogens is 1. The van der Waals surface area contributed by atoms with Crippen molar-refractivity contribution in [3.63, 3.8) is 0 Å². The largest absolute Gasteiger partial charge is 0.356 e. The standard InChI is InChI=1S/C15H19N5OS/c1-9(2)12-18-10-3-8-22(21)11(10)13(19-12)20-15(4-5-15)14-16-6-7-17-14/h6-7,9H,3-5,8H2,1-2H3,(H,16,17)(H,18,19,20). The molecule has 0 aromatic carbocycles. The fraction of sp³-hybridized carbons (Fsp3) is 0.533. The molecule has 2 aromatic rings. The second-order valence-electron chi connectivity index (χ2n) is 6.31. The lowest BCUT2D eigenvalue weighted by atomic mass is 10.2. The number of aromatic nitrogens is 4. The fourth-order valence-electron chi connectivity index (χ4n) is 2.86. The van der Waals surface area contributed by atoms with Crippen LogP contribution in [0, 0.1) is 0 Å². The molecule has 0 bridgehead atoms. The van der Waals surface area contributed by atoms with Crippen molar-refractivity contribution in [3.8, 4) is 0 Å². The quantitative estimate of drug-likeness (QED) is 0.902. The maximum absolute atomic E-state index is 12.3. The lowest BCUT2D eigenvalue weighted by molar-refractivity contribution is 0.682. The maximum Gasteiger partial charge on any atom is 0.147 e. The van der Waals surface area contributed by atoms with Crippen molar-refractivity contribution < 1.29 is 4.21 Å². The van der Waals surface area contributed by atoms with Crippen LogP contribution < -0.4 is 5.32 Å². The average Bonchev–Trinajstić information content (AvgIpc) is 2.92. The van der Waals surface area contributed by atoms with E-state index in [1.54, 1.807) is 6.20 Å². The molecular formula is C15H19N5OS. The van der Waals surface area contributed by atoms with Crippen molar-refractivity contribution >= 4 is 16.6 Å². The second-order valence-corrected chi connectivity index (χ2v) is 7.81. The molecule has 3 heterocycles. The topological polar surface area (TPSA) is 83.6 Å². The molecule has 2 N–H and O–H groups in total. The third-order valence-electron chi connectivity index (χ3n) is 4.28. The summed E-state index contributed by atoms with van der Waals surface area (Å²) in [6, 6.07) is 0. The SMILES string of the molecule is CC(C)c1nc2c(c(NC3(c4ncc[nH]4)CC3)n1)S(=O)CC2. The van der Waals surface area contributed by atoms with E-state index in [-0.39, 0.29) is 11.5 Å². The zero-order chi connectivity index (χ0) is 15.3. The normalized spacial score (nSPS) is 21.9. The number of anilines is 1. The molecule has 0 spiro atoms. The van der Waals surface area contributed by atoms with Gasteiger partial charge < -0.3 is 10.3 Å². The van der Waals surface area contributed by atoms with Crippen molar-refractivity contribution in [1.82, 2.24) is 19.9 Å². The first-order valence-electron chi connectivity index (χ1n) is 7.66. The Hall–Kier alpha value is -1.76. The summed E-state index contributed by atoms with van der Waals surface area (Å²) >= 11 is 0. The molecule has 1 fully saturated rings. The van der Waals surface area contributed by atoms with Crippen molar-refractivity contribution in [2.75, 3.05) is 11.1 Å². The van der Waals surface area contributed by atoms with Crippen LogP contribution in [0.5, 0.6) is 0 Å². The number of hydrogen-bond donors (Lipinski definition) is 2. The maximum atomic E-state index is 12.3. The lowest BCUT2D eigenvalue weighted by Crippen LogP contribution is -2.23. The van der Waals surface area contributed by atoms with Crippen LogP contribution in [-0.2, 0) is 22.8 Å². The Morgan fingerprint density at radius 3 is 2.82 bits per heavy atom. The van der Waals surface area contributed by atoms with E-state index in [1.807, 2.05) is 6.20 Å². The van der Waals surface area contributed by atoms with E-state index in [9.17, 15) is 4.21 Å². The molecule has 0 saturated heterocycles. The summed E-state index contributed by atoms with van der Waals surface area (Å²) in [4.78, 5) is 17.6. The van der Waals surface area contributed by atoms with Crippen LogP contribution in [0.1, 0.15) is 49.9 Å². The van der Waals surface area contributed by atoms with E-state index in [0.717, 1.165) is 47.3 Å². The molecule has 1 saturated carbocycles. The molecule has 6 nitrogen and oxygen atoms in total. The van der Waals surface area contributed by atoms with Crippen LogP contribution in [0.4, 0.5) is 5.82 Å². The molecule has 116 valence electrons.